The largest absolute Gasteiger partial charge is 0.493 e. The number of halogens is 1. The second-order valence-corrected chi connectivity index (χ2v) is 5.59. The summed E-state index contributed by atoms with van der Waals surface area (Å²) in [7, 11) is 0. The van der Waals surface area contributed by atoms with E-state index in [4.69, 9.17) is 9.47 Å². The second-order valence-electron chi connectivity index (χ2n) is 5.59. The van der Waals surface area contributed by atoms with Crippen molar-refractivity contribution in [1.29, 1.82) is 0 Å². The van der Waals surface area contributed by atoms with E-state index in [-0.39, 0.29) is 11.6 Å². The maximum absolute atomic E-state index is 13.3. The molecule has 128 valence electrons. The predicted octanol–water partition coefficient (Wildman–Crippen LogP) is 4.35. The summed E-state index contributed by atoms with van der Waals surface area (Å²) < 4.78 is 24.3. The van der Waals surface area contributed by atoms with Crippen LogP contribution in [0.4, 0.5) is 4.39 Å². The number of benzene rings is 2. The molecule has 4 nitrogen and oxygen atoms in total. The molecule has 2 aromatic carbocycles. The molecule has 0 bridgehead atoms. The third-order valence-electron chi connectivity index (χ3n) is 3.66. The van der Waals surface area contributed by atoms with Crippen molar-refractivity contribution < 1.29 is 18.7 Å². The smallest absolute Gasteiger partial charge is 0.363 e. The lowest BCUT2D eigenvalue weighted by Gasteiger charge is -2.08. The third-order valence-corrected chi connectivity index (χ3v) is 3.66. The molecular formula is C20H18FNO3. The Bertz CT molecular complexity index is 842. The van der Waals surface area contributed by atoms with Crippen molar-refractivity contribution in [2.75, 3.05) is 6.61 Å². The summed E-state index contributed by atoms with van der Waals surface area (Å²) in [5.41, 5.74) is 1.32. The number of nitrogens with zero attached hydrogens (tertiary/aromatic N) is 1. The molecule has 25 heavy (non-hydrogen) atoms. The first kappa shape index (κ1) is 16.9. The number of cyclic esters (lactones) is 1. The number of aliphatic imine (C=N–C) groups is 1. The third kappa shape index (κ3) is 4.12. The Balaban J connectivity index is 1.87. The number of unbranched alkanes of at least 4 members (excludes halogenated alkanes) is 1. The molecule has 0 fully saturated rings. The van der Waals surface area contributed by atoms with Crippen LogP contribution in [0.5, 0.6) is 5.75 Å². The molecule has 0 aromatic heterocycles. The highest BCUT2D eigenvalue weighted by molar-refractivity contribution is 6.12. The summed E-state index contributed by atoms with van der Waals surface area (Å²) >= 11 is 0. The topological polar surface area (TPSA) is 47.9 Å². The van der Waals surface area contributed by atoms with Gasteiger partial charge in [-0.1, -0.05) is 37.6 Å². The molecule has 1 heterocycles. The van der Waals surface area contributed by atoms with E-state index in [2.05, 4.69) is 11.9 Å². The van der Waals surface area contributed by atoms with Crippen LogP contribution in [-0.4, -0.2) is 18.5 Å². The molecule has 5 heteroatoms. The van der Waals surface area contributed by atoms with Crippen LogP contribution in [0.25, 0.3) is 6.08 Å². The van der Waals surface area contributed by atoms with E-state index in [9.17, 15) is 9.18 Å². The number of esters is 1. The number of para-hydroxylation sites is 1. The first-order valence-corrected chi connectivity index (χ1v) is 8.17. The van der Waals surface area contributed by atoms with Crippen molar-refractivity contribution in [2.24, 2.45) is 4.99 Å². The van der Waals surface area contributed by atoms with Crippen molar-refractivity contribution in [3.8, 4) is 5.75 Å². The summed E-state index contributed by atoms with van der Waals surface area (Å²) in [5, 5.41) is 0. The summed E-state index contributed by atoms with van der Waals surface area (Å²) in [4.78, 5) is 16.3. The highest BCUT2D eigenvalue weighted by Crippen LogP contribution is 2.25. The molecule has 0 N–H and O–H groups in total. The molecule has 0 radical (unpaired) electrons. The molecule has 0 spiro atoms. The van der Waals surface area contributed by atoms with Gasteiger partial charge in [-0.2, -0.15) is 0 Å². The SMILES string of the molecule is CCCCOc1ccccc1/C=C1/N=C(c2cccc(F)c2)OC1=O. The Hall–Kier alpha value is -2.95. The fourth-order valence-corrected chi connectivity index (χ4v) is 2.36. The molecule has 3 rings (SSSR count). The van der Waals surface area contributed by atoms with Crippen molar-refractivity contribution in [1.82, 2.24) is 0 Å². The van der Waals surface area contributed by atoms with Crippen molar-refractivity contribution in [3.05, 3.63) is 71.2 Å². The lowest BCUT2D eigenvalue weighted by Crippen LogP contribution is -2.05. The van der Waals surface area contributed by atoms with Gasteiger partial charge in [0.25, 0.3) is 0 Å². The standard InChI is InChI=1S/C20H18FNO3/c1-2-3-11-24-18-10-5-4-7-14(18)13-17-20(23)25-19(22-17)15-8-6-9-16(21)12-15/h4-10,12-13H,2-3,11H2,1H3/b17-13+. The normalized spacial score (nSPS) is 15.2. The second kappa shape index (κ2) is 7.75. The van der Waals surface area contributed by atoms with E-state index in [0.29, 0.717) is 17.9 Å². The minimum absolute atomic E-state index is 0.0973. The van der Waals surface area contributed by atoms with Gasteiger partial charge in [0.05, 0.1) is 6.61 Å². The number of hydrogen-bond acceptors (Lipinski definition) is 4. The predicted molar refractivity (Wildman–Crippen MR) is 93.9 cm³/mol. The van der Waals surface area contributed by atoms with Gasteiger partial charge in [0.1, 0.15) is 11.6 Å². The first-order chi connectivity index (χ1) is 12.2. The molecule has 0 atom stereocenters. The number of carbonyl (C=O) groups is 1. The van der Waals surface area contributed by atoms with E-state index in [1.54, 1.807) is 18.2 Å². The Kier molecular flexibility index (Phi) is 5.23. The van der Waals surface area contributed by atoms with E-state index >= 15 is 0 Å². The summed E-state index contributed by atoms with van der Waals surface area (Å²) in [6, 6.07) is 13.2. The zero-order valence-corrected chi connectivity index (χ0v) is 13.9. The van der Waals surface area contributed by atoms with Crippen LogP contribution in [0, 0.1) is 5.82 Å². The van der Waals surface area contributed by atoms with Crippen LogP contribution in [-0.2, 0) is 9.53 Å². The van der Waals surface area contributed by atoms with Crippen LogP contribution in [0.1, 0.15) is 30.9 Å². The van der Waals surface area contributed by atoms with Gasteiger partial charge in [0.15, 0.2) is 5.70 Å². The monoisotopic (exact) mass is 339 g/mol. The van der Waals surface area contributed by atoms with Gasteiger partial charge in [-0.15, -0.1) is 0 Å². The van der Waals surface area contributed by atoms with Crippen LogP contribution in [0.3, 0.4) is 0 Å². The Morgan fingerprint density at radius 1 is 1.20 bits per heavy atom. The van der Waals surface area contributed by atoms with Gasteiger partial charge in [-0.05, 0) is 36.8 Å². The van der Waals surface area contributed by atoms with Crippen LogP contribution < -0.4 is 4.74 Å². The number of carbonyl (C=O) groups excluding carboxylic acids is 1. The quantitative estimate of drug-likeness (QED) is 0.447. The average Bonchev–Trinajstić information content (AvgIpc) is 2.97. The van der Waals surface area contributed by atoms with Gasteiger partial charge >= 0.3 is 5.97 Å². The van der Waals surface area contributed by atoms with Gasteiger partial charge in [-0.25, -0.2) is 14.2 Å². The number of rotatable bonds is 6. The zero-order chi connectivity index (χ0) is 17.6. The van der Waals surface area contributed by atoms with E-state index < -0.39 is 11.8 Å². The highest BCUT2D eigenvalue weighted by Gasteiger charge is 2.24. The molecule has 1 aliphatic rings. The van der Waals surface area contributed by atoms with Crippen molar-refractivity contribution >= 4 is 17.9 Å². The van der Waals surface area contributed by atoms with Gasteiger partial charge in [0, 0.05) is 11.1 Å². The molecule has 0 amide bonds. The first-order valence-electron chi connectivity index (χ1n) is 8.17. The van der Waals surface area contributed by atoms with Gasteiger partial charge < -0.3 is 9.47 Å². The Morgan fingerprint density at radius 3 is 2.84 bits per heavy atom. The van der Waals surface area contributed by atoms with E-state index in [0.717, 1.165) is 18.4 Å². The Labute approximate surface area is 145 Å². The van der Waals surface area contributed by atoms with Crippen LogP contribution in [0.2, 0.25) is 0 Å². The van der Waals surface area contributed by atoms with Crippen molar-refractivity contribution in [3.63, 3.8) is 0 Å². The fraction of sp³-hybridized carbons (Fsp3) is 0.200. The lowest BCUT2D eigenvalue weighted by molar-refractivity contribution is -0.129. The number of hydrogen-bond donors (Lipinski definition) is 0. The van der Waals surface area contributed by atoms with Crippen molar-refractivity contribution in [2.45, 2.75) is 19.8 Å². The molecule has 2 aromatic rings. The van der Waals surface area contributed by atoms with E-state index in [1.165, 1.54) is 12.1 Å². The zero-order valence-electron chi connectivity index (χ0n) is 13.9. The molecule has 0 unspecified atom stereocenters. The van der Waals surface area contributed by atoms with E-state index in [1.807, 2.05) is 24.3 Å². The molecule has 0 saturated heterocycles. The molecule has 0 saturated carbocycles. The Morgan fingerprint density at radius 2 is 2.04 bits per heavy atom. The van der Waals surface area contributed by atoms with Gasteiger partial charge in [-0.3, -0.25) is 0 Å². The average molecular weight is 339 g/mol. The van der Waals surface area contributed by atoms with Gasteiger partial charge in [0.2, 0.25) is 5.90 Å². The maximum atomic E-state index is 13.3. The highest BCUT2D eigenvalue weighted by atomic mass is 19.1. The summed E-state index contributed by atoms with van der Waals surface area (Å²) in [5.74, 6) is -0.197. The lowest BCUT2D eigenvalue weighted by atomic mass is 10.1. The summed E-state index contributed by atoms with van der Waals surface area (Å²) in [6.07, 6.45) is 3.61. The molecular weight excluding hydrogens is 321 g/mol. The number of ether oxygens (including phenoxy) is 2. The van der Waals surface area contributed by atoms with Crippen LogP contribution >= 0.6 is 0 Å². The molecule has 1 aliphatic heterocycles. The molecule has 0 aliphatic carbocycles. The maximum Gasteiger partial charge on any atom is 0.363 e. The summed E-state index contributed by atoms with van der Waals surface area (Å²) in [6.45, 7) is 2.70. The minimum atomic E-state index is -0.567. The van der Waals surface area contributed by atoms with Crippen LogP contribution in [0.15, 0.2) is 59.2 Å². The fourth-order valence-electron chi connectivity index (χ4n) is 2.36. The minimum Gasteiger partial charge on any atom is -0.493 e.